The molecule has 5 N–H and O–H groups in total. The molecule has 168 valence electrons. The van der Waals surface area contributed by atoms with Gasteiger partial charge >= 0.3 is 0 Å². The van der Waals surface area contributed by atoms with Crippen LogP contribution in [0.3, 0.4) is 0 Å². The maximum atomic E-state index is 9.65. The van der Waals surface area contributed by atoms with Gasteiger partial charge in [-0.3, -0.25) is 11.1 Å². The van der Waals surface area contributed by atoms with E-state index in [9.17, 15) is 5.26 Å². The van der Waals surface area contributed by atoms with Gasteiger partial charge in [0, 0.05) is 41.7 Å². The quantitative estimate of drug-likeness (QED) is 0.299. The first-order chi connectivity index (χ1) is 15.9. The van der Waals surface area contributed by atoms with Crippen LogP contribution in [0.4, 0.5) is 11.5 Å². The summed E-state index contributed by atoms with van der Waals surface area (Å²) in [5.41, 5.74) is 16.8. The predicted octanol–water partition coefficient (Wildman–Crippen LogP) is 2.99. The maximum absolute atomic E-state index is 9.65. The molecule has 9 heteroatoms. The van der Waals surface area contributed by atoms with Crippen LogP contribution >= 0.6 is 0 Å². The van der Waals surface area contributed by atoms with E-state index in [1.54, 1.807) is 36.7 Å². The highest BCUT2D eigenvalue weighted by Gasteiger charge is 2.20. The minimum Gasteiger partial charge on any atom is -0.471 e. The number of nitrogens with one attached hydrogen (secondary N) is 1. The van der Waals surface area contributed by atoms with Gasteiger partial charge in [0.1, 0.15) is 17.6 Å². The fourth-order valence-corrected chi connectivity index (χ4v) is 4.08. The van der Waals surface area contributed by atoms with Gasteiger partial charge in [0.05, 0.1) is 23.2 Å². The molecule has 0 radical (unpaired) electrons. The van der Waals surface area contributed by atoms with Gasteiger partial charge in [-0.25, -0.2) is 4.98 Å². The van der Waals surface area contributed by atoms with E-state index in [0.29, 0.717) is 39.6 Å². The first-order valence-corrected chi connectivity index (χ1v) is 10.7. The van der Waals surface area contributed by atoms with Gasteiger partial charge < -0.3 is 15.4 Å². The number of ether oxygens (including phenoxy) is 1. The molecule has 1 aliphatic heterocycles. The zero-order valence-corrected chi connectivity index (χ0v) is 18.7. The second-order valence-corrected chi connectivity index (χ2v) is 8.09. The molecule has 2 aromatic heterocycles. The predicted molar refractivity (Wildman–Crippen MR) is 126 cm³/mol. The summed E-state index contributed by atoms with van der Waals surface area (Å²) < 4.78 is 5.96. The molecule has 33 heavy (non-hydrogen) atoms. The van der Waals surface area contributed by atoms with E-state index in [-0.39, 0.29) is 5.71 Å². The summed E-state index contributed by atoms with van der Waals surface area (Å²) in [6.07, 6.45) is 4.68. The Balaban J connectivity index is 1.61. The highest BCUT2D eigenvalue weighted by molar-refractivity contribution is 6.14. The van der Waals surface area contributed by atoms with Crippen molar-refractivity contribution in [2.45, 2.75) is 32.9 Å². The van der Waals surface area contributed by atoms with Crippen LogP contribution in [0, 0.1) is 30.6 Å². The van der Waals surface area contributed by atoms with Crippen molar-refractivity contribution in [3.05, 3.63) is 70.2 Å². The topological polar surface area (TPSA) is 151 Å². The van der Waals surface area contributed by atoms with Crippen molar-refractivity contribution in [2.24, 2.45) is 5.73 Å². The molecule has 3 aromatic rings. The fourth-order valence-electron chi connectivity index (χ4n) is 4.08. The van der Waals surface area contributed by atoms with Gasteiger partial charge in [0.25, 0.3) is 0 Å². The summed E-state index contributed by atoms with van der Waals surface area (Å²) in [7, 11) is 0. The van der Waals surface area contributed by atoms with Gasteiger partial charge in [-0.2, -0.15) is 15.5 Å². The Bertz CT molecular complexity index is 1220. The van der Waals surface area contributed by atoms with E-state index in [4.69, 9.17) is 21.6 Å². The van der Waals surface area contributed by atoms with Crippen LogP contribution < -0.4 is 21.1 Å². The van der Waals surface area contributed by atoms with Crippen molar-refractivity contribution in [2.75, 3.05) is 23.7 Å². The van der Waals surface area contributed by atoms with Gasteiger partial charge in [-0.05, 0) is 56.5 Å². The number of nitrogens with zero attached hydrogens (tertiary/aromatic N) is 5. The molecule has 4 rings (SSSR count). The molecule has 3 heterocycles. The van der Waals surface area contributed by atoms with Crippen molar-refractivity contribution < 1.29 is 4.74 Å². The lowest BCUT2D eigenvalue weighted by atomic mass is 10.0. The third kappa shape index (κ3) is 4.47. The van der Waals surface area contributed by atoms with E-state index < -0.39 is 6.23 Å². The molecule has 0 saturated carbocycles. The number of nitriles is 1. The molecule has 0 amide bonds. The molecular formula is C24H26N8O. The van der Waals surface area contributed by atoms with Gasteiger partial charge in [0.2, 0.25) is 0 Å². The molecule has 0 unspecified atom stereocenters. The summed E-state index contributed by atoms with van der Waals surface area (Å²) in [5, 5.41) is 26.4. The van der Waals surface area contributed by atoms with Crippen LogP contribution in [-0.2, 0) is 0 Å². The number of aromatic nitrogens is 3. The molecule has 0 aliphatic carbocycles. The molecule has 1 fully saturated rings. The maximum Gasteiger partial charge on any atom is 0.176 e. The largest absolute Gasteiger partial charge is 0.471 e. The lowest BCUT2D eigenvalue weighted by Crippen LogP contribution is -2.21. The molecule has 0 spiro atoms. The minimum atomic E-state index is -0.752. The summed E-state index contributed by atoms with van der Waals surface area (Å²) in [4.78, 5) is 6.60. The Labute approximate surface area is 192 Å². The fraction of sp³-hybridized carbons (Fsp3) is 0.292. The van der Waals surface area contributed by atoms with E-state index in [2.05, 4.69) is 26.2 Å². The molecule has 0 bridgehead atoms. The minimum absolute atomic E-state index is 0.154. The summed E-state index contributed by atoms with van der Waals surface area (Å²) in [6.45, 7) is 5.50. The van der Waals surface area contributed by atoms with Crippen LogP contribution in [0.15, 0.2) is 36.7 Å². The van der Waals surface area contributed by atoms with E-state index in [1.807, 2.05) is 13.8 Å². The van der Waals surface area contributed by atoms with Gasteiger partial charge in [-0.15, -0.1) is 0 Å². The Morgan fingerprint density at radius 1 is 1.21 bits per heavy atom. The number of hydrogen-bond donors (Lipinski definition) is 3. The number of nitrogen functional groups attached to an aromatic ring is 1. The number of hydrogen-bond acceptors (Lipinski definition) is 9. The SMILES string of the molecule is Cc1cnnc(C)c1[C@@H](N)Oc1ccc(N)c(C(=N)c2cnc(N3CCCC3)c(C#N)c2)c1. The van der Waals surface area contributed by atoms with E-state index >= 15 is 0 Å². The third-order valence-corrected chi connectivity index (χ3v) is 5.80. The first kappa shape index (κ1) is 22.2. The van der Waals surface area contributed by atoms with Crippen molar-refractivity contribution in [1.29, 1.82) is 10.7 Å². The number of pyridine rings is 1. The summed E-state index contributed by atoms with van der Waals surface area (Å²) in [5.74, 6) is 1.13. The zero-order chi connectivity index (χ0) is 23.5. The normalized spacial score (nSPS) is 14.1. The van der Waals surface area contributed by atoms with Crippen molar-refractivity contribution in [3.63, 3.8) is 0 Å². The molecule has 1 atom stereocenters. The van der Waals surface area contributed by atoms with Crippen LogP contribution in [0.1, 0.15) is 52.6 Å². The number of nitrogens with two attached hydrogens (primary N) is 2. The second kappa shape index (κ2) is 9.22. The summed E-state index contributed by atoms with van der Waals surface area (Å²) in [6, 6.07) is 8.97. The van der Waals surface area contributed by atoms with E-state index in [0.717, 1.165) is 37.1 Å². The Morgan fingerprint density at radius 3 is 2.67 bits per heavy atom. The average molecular weight is 443 g/mol. The monoisotopic (exact) mass is 442 g/mol. The standard InChI is InChI=1S/C24H26N8O/c1-14-12-30-31-15(2)21(14)23(28)33-18-5-6-20(26)19(10-18)22(27)17-9-16(11-25)24(29-13-17)32-7-3-4-8-32/h5-6,9-10,12-13,23,27H,3-4,7-8,26,28H2,1-2H3/t23-/m0/s1. The number of anilines is 2. The van der Waals surface area contributed by atoms with Crippen LogP contribution in [0.5, 0.6) is 5.75 Å². The van der Waals surface area contributed by atoms with Crippen molar-refractivity contribution >= 4 is 17.2 Å². The lowest BCUT2D eigenvalue weighted by Gasteiger charge is -2.20. The summed E-state index contributed by atoms with van der Waals surface area (Å²) >= 11 is 0. The van der Waals surface area contributed by atoms with Crippen LogP contribution in [0.25, 0.3) is 0 Å². The molecule has 1 aromatic carbocycles. The smallest absolute Gasteiger partial charge is 0.176 e. The van der Waals surface area contributed by atoms with Crippen molar-refractivity contribution in [1.82, 2.24) is 15.2 Å². The lowest BCUT2D eigenvalue weighted by molar-refractivity contribution is 0.211. The third-order valence-electron chi connectivity index (χ3n) is 5.80. The Morgan fingerprint density at radius 2 is 1.97 bits per heavy atom. The molecular weight excluding hydrogens is 416 g/mol. The number of benzene rings is 1. The second-order valence-electron chi connectivity index (χ2n) is 8.09. The highest BCUT2D eigenvalue weighted by atomic mass is 16.5. The molecule has 9 nitrogen and oxygen atoms in total. The highest BCUT2D eigenvalue weighted by Crippen LogP contribution is 2.28. The Kier molecular flexibility index (Phi) is 6.20. The number of aryl methyl sites for hydroxylation is 2. The first-order valence-electron chi connectivity index (χ1n) is 10.7. The van der Waals surface area contributed by atoms with E-state index in [1.165, 1.54) is 0 Å². The zero-order valence-electron chi connectivity index (χ0n) is 18.7. The molecule has 1 saturated heterocycles. The van der Waals surface area contributed by atoms with Crippen molar-refractivity contribution in [3.8, 4) is 11.8 Å². The van der Waals surface area contributed by atoms with Gasteiger partial charge in [-0.1, -0.05) is 0 Å². The van der Waals surface area contributed by atoms with Crippen LogP contribution in [-0.4, -0.2) is 34.0 Å². The average Bonchev–Trinajstić information content (AvgIpc) is 3.34. The molecule has 1 aliphatic rings. The van der Waals surface area contributed by atoms with Gasteiger partial charge in [0.15, 0.2) is 6.23 Å². The van der Waals surface area contributed by atoms with Crippen LogP contribution in [0.2, 0.25) is 0 Å². The number of rotatable bonds is 6. The Hall–Kier alpha value is -4.03.